The zero-order valence-corrected chi connectivity index (χ0v) is 26.8. The summed E-state index contributed by atoms with van der Waals surface area (Å²) in [6.07, 6.45) is 11.0. The van der Waals surface area contributed by atoms with E-state index in [1.807, 2.05) is 18.2 Å². The Balaban J connectivity index is 1.32. The molecule has 3 aromatic rings. The van der Waals surface area contributed by atoms with Crippen molar-refractivity contribution in [2.45, 2.75) is 78.1 Å². The maximum absolute atomic E-state index is 13.6. The number of aromatic carboxylic acids is 1. The fraction of sp³-hybridized carbons (Fsp3) is 0.359. The van der Waals surface area contributed by atoms with Crippen LogP contribution in [0, 0.1) is 0 Å². The van der Waals surface area contributed by atoms with Crippen LogP contribution in [0.2, 0.25) is 0 Å². The van der Waals surface area contributed by atoms with Gasteiger partial charge in [0.1, 0.15) is 6.54 Å². The average molecular weight is 603 g/mol. The second kappa shape index (κ2) is 12.2. The van der Waals surface area contributed by atoms with Crippen molar-refractivity contribution in [3.63, 3.8) is 0 Å². The van der Waals surface area contributed by atoms with Crippen LogP contribution in [0.15, 0.2) is 89.4 Å². The second-order valence-electron chi connectivity index (χ2n) is 12.9. The summed E-state index contributed by atoms with van der Waals surface area (Å²) in [5.41, 5.74) is 6.33. The summed E-state index contributed by atoms with van der Waals surface area (Å²) >= 11 is 0. The molecule has 3 aromatic carbocycles. The molecule has 1 aliphatic carbocycles. The number of carboxylic acids is 1. The maximum atomic E-state index is 13.6. The summed E-state index contributed by atoms with van der Waals surface area (Å²) in [6, 6.07) is 17.8. The van der Waals surface area contributed by atoms with Gasteiger partial charge in [0, 0.05) is 53.2 Å². The zero-order chi connectivity index (χ0) is 31.9. The van der Waals surface area contributed by atoms with E-state index in [-0.39, 0.29) is 28.3 Å². The van der Waals surface area contributed by atoms with Crippen LogP contribution in [0.1, 0.15) is 87.7 Å². The predicted molar refractivity (Wildman–Crippen MR) is 178 cm³/mol. The van der Waals surface area contributed by atoms with Crippen molar-refractivity contribution < 1.29 is 24.4 Å². The van der Waals surface area contributed by atoms with Crippen LogP contribution in [-0.4, -0.2) is 40.2 Å². The summed E-state index contributed by atoms with van der Waals surface area (Å²) in [5, 5.41) is 25.5. The van der Waals surface area contributed by atoms with Crippen LogP contribution in [-0.2, 0) is 16.6 Å². The highest BCUT2D eigenvalue weighted by atomic mass is 16.4. The zero-order valence-electron chi connectivity index (χ0n) is 26.8. The van der Waals surface area contributed by atoms with E-state index in [0.29, 0.717) is 6.42 Å². The molecule has 0 atom stereocenters. The Morgan fingerprint density at radius 3 is 2.49 bits per heavy atom. The molecule has 0 radical (unpaired) electrons. The quantitative estimate of drug-likeness (QED) is 0.141. The monoisotopic (exact) mass is 602 g/mol. The number of carbonyl (C=O) groups is 2. The lowest BCUT2D eigenvalue weighted by Crippen LogP contribution is -2.34. The van der Waals surface area contributed by atoms with Gasteiger partial charge >= 0.3 is 5.97 Å². The normalized spacial score (nSPS) is 18.8. The maximum Gasteiger partial charge on any atom is 0.335 e. The third kappa shape index (κ3) is 5.30. The Bertz CT molecular complexity index is 1840. The number of allylic oxidation sites excluding steroid dienone is 5. The number of carboxylic acid groups (broad SMARTS) is 1. The van der Waals surface area contributed by atoms with Gasteiger partial charge in [-0.05, 0) is 73.9 Å². The molecule has 2 heterocycles. The molecule has 3 aliphatic rings. The standard InChI is InChI=1S/C39H42N2O4/c1-5-7-8-9-10-13-20-41-28(22-27-21-26(38(44)45)17-18-32(27)41)23-30-36(42)31(37(30)43)24-34-39(3,4)35-29-15-12-11-14-25(29)16-19-33(35)40(34)6-2/h11-12,14-19,21,23-24H,5-10,13,20,22H2,1-4H3,(H-,42,43,44,45). The number of unbranched alkanes of at least 4 members (excludes halogenated alkanes) is 5. The molecular formula is C39H42N2O4. The van der Waals surface area contributed by atoms with Gasteiger partial charge in [0.15, 0.2) is 11.5 Å². The highest BCUT2D eigenvalue weighted by Crippen LogP contribution is 2.45. The van der Waals surface area contributed by atoms with Crippen molar-refractivity contribution in [3.8, 4) is 0 Å². The number of nitrogens with zero attached hydrogens (tertiary/aromatic N) is 2. The first kappa shape index (κ1) is 30.6. The van der Waals surface area contributed by atoms with Crippen LogP contribution in [0.5, 0.6) is 0 Å². The van der Waals surface area contributed by atoms with Crippen LogP contribution in [0.3, 0.4) is 0 Å². The molecule has 0 saturated heterocycles. The number of anilines is 1. The summed E-state index contributed by atoms with van der Waals surface area (Å²) in [4.78, 5) is 27.4. The first-order valence-electron chi connectivity index (χ1n) is 16.4. The molecule has 6 nitrogen and oxygen atoms in total. The minimum absolute atomic E-state index is 0.206. The van der Waals surface area contributed by atoms with Crippen molar-refractivity contribution in [2.75, 3.05) is 18.0 Å². The van der Waals surface area contributed by atoms with E-state index in [4.69, 9.17) is 0 Å². The lowest BCUT2D eigenvalue weighted by molar-refractivity contribution is -0.433. The second-order valence-corrected chi connectivity index (χ2v) is 12.9. The Kier molecular flexibility index (Phi) is 8.25. The fourth-order valence-electron chi connectivity index (χ4n) is 7.35. The summed E-state index contributed by atoms with van der Waals surface area (Å²) in [7, 11) is 0. The van der Waals surface area contributed by atoms with Gasteiger partial charge in [0.25, 0.3) is 0 Å². The fourth-order valence-corrected chi connectivity index (χ4v) is 7.35. The number of rotatable bonds is 11. The van der Waals surface area contributed by atoms with Crippen molar-refractivity contribution in [3.05, 3.63) is 106 Å². The molecular weight excluding hydrogens is 560 g/mol. The Labute approximate surface area is 265 Å². The topological polar surface area (TPSA) is 83.7 Å². The van der Waals surface area contributed by atoms with Gasteiger partial charge in [-0.3, -0.25) is 4.79 Å². The van der Waals surface area contributed by atoms with Crippen molar-refractivity contribution in [2.24, 2.45) is 0 Å². The highest BCUT2D eigenvalue weighted by molar-refractivity contribution is 6.24. The van der Waals surface area contributed by atoms with Crippen LogP contribution in [0.25, 0.3) is 10.8 Å². The molecule has 0 saturated carbocycles. The summed E-state index contributed by atoms with van der Waals surface area (Å²) < 4.78 is 2.22. The third-order valence-corrected chi connectivity index (χ3v) is 9.71. The van der Waals surface area contributed by atoms with Crippen molar-refractivity contribution in [1.29, 1.82) is 0 Å². The lowest BCUT2D eigenvalue weighted by Gasteiger charge is -2.30. The van der Waals surface area contributed by atoms with E-state index in [0.717, 1.165) is 54.3 Å². The Hall–Kier alpha value is -4.45. The largest absolute Gasteiger partial charge is 0.871 e. The summed E-state index contributed by atoms with van der Waals surface area (Å²) in [5.74, 6) is -1.42. The predicted octanol–water partition coefficient (Wildman–Crippen LogP) is 7.36. The minimum Gasteiger partial charge on any atom is -0.871 e. The van der Waals surface area contributed by atoms with Crippen molar-refractivity contribution >= 4 is 39.6 Å². The van der Waals surface area contributed by atoms with E-state index in [2.05, 4.69) is 67.5 Å². The smallest absolute Gasteiger partial charge is 0.335 e. The number of hydrogen-bond acceptors (Lipinski definition) is 4. The first-order chi connectivity index (χ1) is 21.7. The van der Waals surface area contributed by atoms with E-state index in [1.54, 1.807) is 18.2 Å². The van der Waals surface area contributed by atoms with E-state index < -0.39 is 11.4 Å². The molecule has 2 aliphatic heterocycles. The molecule has 0 bridgehead atoms. The first-order valence-corrected chi connectivity index (χ1v) is 16.4. The molecule has 45 heavy (non-hydrogen) atoms. The third-order valence-electron chi connectivity index (χ3n) is 9.71. The lowest BCUT2D eigenvalue weighted by atomic mass is 9.77. The minimum atomic E-state index is -0.963. The molecule has 0 aromatic heterocycles. The highest BCUT2D eigenvalue weighted by Gasteiger charge is 2.46. The van der Waals surface area contributed by atoms with E-state index >= 15 is 0 Å². The van der Waals surface area contributed by atoms with Gasteiger partial charge in [-0.2, -0.15) is 4.58 Å². The van der Waals surface area contributed by atoms with Gasteiger partial charge in [-0.1, -0.05) is 69.1 Å². The van der Waals surface area contributed by atoms with E-state index in [9.17, 15) is 19.8 Å². The molecule has 1 N–H and O–H groups in total. The number of carbonyl (C=O) groups excluding carboxylic acids is 1. The molecule has 6 rings (SSSR count). The van der Waals surface area contributed by atoms with Crippen LogP contribution >= 0.6 is 0 Å². The number of fused-ring (bicyclic) bond motifs is 4. The Morgan fingerprint density at radius 1 is 1.00 bits per heavy atom. The van der Waals surface area contributed by atoms with Crippen molar-refractivity contribution in [1.82, 2.24) is 0 Å². The molecule has 6 heteroatoms. The number of hydrogen-bond donors (Lipinski definition) is 1. The molecule has 0 spiro atoms. The Morgan fingerprint density at radius 2 is 1.76 bits per heavy atom. The van der Waals surface area contributed by atoms with Gasteiger partial charge in [-0.15, -0.1) is 0 Å². The van der Waals surface area contributed by atoms with Gasteiger partial charge in [0.2, 0.25) is 5.69 Å². The van der Waals surface area contributed by atoms with Crippen LogP contribution < -0.4 is 10.0 Å². The van der Waals surface area contributed by atoms with E-state index in [1.165, 1.54) is 42.0 Å². The van der Waals surface area contributed by atoms with Gasteiger partial charge in [-0.25, -0.2) is 4.79 Å². The van der Waals surface area contributed by atoms with Gasteiger partial charge < -0.3 is 15.1 Å². The molecule has 0 unspecified atom stereocenters. The molecule has 232 valence electrons. The molecule has 0 fully saturated rings. The molecule has 0 amide bonds. The number of Topliss-reactive ketones (excluding diaryl/α,β-unsaturated/α-hetero) is 1. The SMILES string of the molecule is CCCCCCCCN1C(=CC2=C([O-])C(=CC3=[N+](CC)c4ccc5ccccc5c4C3(C)C)C2=O)Cc2cc(C(=O)O)ccc21. The number of benzene rings is 3. The van der Waals surface area contributed by atoms with Crippen LogP contribution in [0.4, 0.5) is 11.4 Å². The summed E-state index contributed by atoms with van der Waals surface area (Å²) in [6.45, 7) is 10.1. The van der Waals surface area contributed by atoms with Gasteiger partial charge in [0.05, 0.1) is 11.0 Å². The number of ketones is 1. The average Bonchev–Trinajstić information content (AvgIpc) is 3.49.